The first-order valence-electron chi connectivity index (χ1n) is 6.21. The molecule has 17 heavy (non-hydrogen) atoms. The van der Waals surface area contributed by atoms with Crippen LogP contribution in [0, 0.1) is 11.8 Å². The van der Waals surface area contributed by atoms with Gasteiger partial charge in [0.1, 0.15) is 0 Å². The molecule has 94 valence electrons. The minimum absolute atomic E-state index is 0.300. The maximum atomic E-state index is 11.9. The molecular weight excluding hydrogens is 220 g/mol. The summed E-state index contributed by atoms with van der Waals surface area (Å²) in [6, 6.07) is 0. The Labute approximate surface area is 101 Å². The number of rotatable bonds is 4. The topological polar surface area (TPSA) is 52.6 Å². The number of esters is 2. The molecule has 4 heteroatoms. The van der Waals surface area contributed by atoms with Crippen LogP contribution < -0.4 is 0 Å². The van der Waals surface area contributed by atoms with Crippen molar-refractivity contribution in [2.45, 2.75) is 39.2 Å². The maximum absolute atomic E-state index is 11.9. The van der Waals surface area contributed by atoms with Gasteiger partial charge in [-0.2, -0.15) is 0 Å². The molecule has 3 atom stereocenters. The van der Waals surface area contributed by atoms with E-state index in [9.17, 15) is 9.59 Å². The standard InChI is InChI=1S/C13H18O4/c1-3-16-12(14)8(2)17-13(15)11-7-9-4-5-10(11)6-9/h7-10H,3-6H2,1-2H3. The summed E-state index contributed by atoms with van der Waals surface area (Å²) < 4.78 is 9.91. The van der Waals surface area contributed by atoms with Gasteiger partial charge in [-0.3, -0.25) is 0 Å². The fraction of sp³-hybridized carbons (Fsp3) is 0.692. The molecule has 0 amide bonds. The minimum Gasteiger partial charge on any atom is -0.463 e. The average Bonchev–Trinajstić information content (AvgIpc) is 2.90. The molecule has 1 fully saturated rings. The number of fused-ring (bicyclic) bond motifs is 2. The zero-order valence-electron chi connectivity index (χ0n) is 10.3. The highest BCUT2D eigenvalue weighted by Crippen LogP contribution is 2.44. The molecule has 2 rings (SSSR count). The SMILES string of the molecule is CCOC(=O)C(C)OC(=O)C1=CC2CCC1C2. The lowest BCUT2D eigenvalue weighted by molar-refractivity contribution is -0.164. The normalized spacial score (nSPS) is 27.5. The molecule has 0 N–H and O–H groups in total. The molecule has 0 spiro atoms. The average molecular weight is 238 g/mol. The van der Waals surface area contributed by atoms with Gasteiger partial charge < -0.3 is 9.47 Å². The maximum Gasteiger partial charge on any atom is 0.347 e. The summed E-state index contributed by atoms with van der Waals surface area (Å²) in [7, 11) is 0. The van der Waals surface area contributed by atoms with Crippen molar-refractivity contribution in [3.8, 4) is 0 Å². The third-order valence-electron chi connectivity index (χ3n) is 3.47. The molecule has 1 saturated carbocycles. The number of allylic oxidation sites excluding steroid dienone is 1. The second-order valence-corrected chi connectivity index (χ2v) is 4.69. The number of carbonyl (C=O) groups excluding carboxylic acids is 2. The molecule has 2 aliphatic rings. The second-order valence-electron chi connectivity index (χ2n) is 4.69. The van der Waals surface area contributed by atoms with E-state index in [4.69, 9.17) is 9.47 Å². The van der Waals surface area contributed by atoms with Crippen LogP contribution in [0.3, 0.4) is 0 Å². The molecule has 0 saturated heterocycles. The Morgan fingerprint density at radius 2 is 2.24 bits per heavy atom. The summed E-state index contributed by atoms with van der Waals surface area (Å²) in [5.74, 6) is 0.0599. The minimum atomic E-state index is -0.817. The fourth-order valence-corrected chi connectivity index (χ4v) is 2.61. The number of hydrogen-bond acceptors (Lipinski definition) is 4. The number of ether oxygens (including phenoxy) is 2. The van der Waals surface area contributed by atoms with Gasteiger partial charge in [-0.15, -0.1) is 0 Å². The molecule has 2 aliphatic carbocycles. The highest BCUT2D eigenvalue weighted by Gasteiger charge is 2.37. The highest BCUT2D eigenvalue weighted by molar-refractivity contribution is 5.91. The van der Waals surface area contributed by atoms with E-state index in [1.165, 1.54) is 6.42 Å². The Hall–Kier alpha value is -1.32. The lowest BCUT2D eigenvalue weighted by Gasteiger charge is -2.16. The van der Waals surface area contributed by atoms with E-state index in [0.717, 1.165) is 18.4 Å². The van der Waals surface area contributed by atoms with Crippen molar-refractivity contribution < 1.29 is 19.1 Å². The van der Waals surface area contributed by atoms with Crippen molar-refractivity contribution >= 4 is 11.9 Å². The Morgan fingerprint density at radius 1 is 1.47 bits per heavy atom. The molecule has 0 radical (unpaired) electrons. The quantitative estimate of drug-likeness (QED) is 0.701. The molecule has 0 aromatic heterocycles. The van der Waals surface area contributed by atoms with Gasteiger partial charge in [0.2, 0.25) is 0 Å². The smallest absolute Gasteiger partial charge is 0.347 e. The van der Waals surface area contributed by atoms with Crippen LogP contribution in [0.2, 0.25) is 0 Å². The molecule has 0 aliphatic heterocycles. The first-order valence-corrected chi connectivity index (χ1v) is 6.21. The van der Waals surface area contributed by atoms with Crippen LogP contribution in [0.25, 0.3) is 0 Å². The van der Waals surface area contributed by atoms with Crippen LogP contribution in [0.4, 0.5) is 0 Å². The van der Waals surface area contributed by atoms with Crippen LogP contribution in [0.5, 0.6) is 0 Å². The van der Waals surface area contributed by atoms with Gasteiger partial charge in [0.05, 0.1) is 6.61 Å². The van der Waals surface area contributed by atoms with E-state index in [1.54, 1.807) is 13.8 Å². The summed E-state index contributed by atoms with van der Waals surface area (Å²) in [6.45, 7) is 3.57. The largest absolute Gasteiger partial charge is 0.463 e. The molecule has 0 aromatic rings. The monoisotopic (exact) mass is 238 g/mol. The first kappa shape index (κ1) is 12.1. The van der Waals surface area contributed by atoms with Gasteiger partial charge in [-0.25, -0.2) is 9.59 Å². The summed E-state index contributed by atoms with van der Waals surface area (Å²) in [4.78, 5) is 23.2. The zero-order chi connectivity index (χ0) is 12.4. The van der Waals surface area contributed by atoms with Crippen LogP contribution in [0.1, 0.15) is 33.1 Å². The van der Waals surface area contributed by atoms with Gasteiger partial charge in [0, 0.05) is 5.57 Å². The van der Waals surface area contributed by atoms with E-state index in [-0.39, 0.29) is 5.97 Å². The summed E-state index contributed by atoms with van der Waals surface area (Å²) in [6.07, 6.45) is 4.50. The molecule has 3 unspecified atom stereocenters. The van der Waals surface area contributed by atoms with Crippen LogP contribution in [-0.4, -0.2) is 24.6 Å². The molecule has 0 heterocycles. The van der Waals surface area contributed by atoms with Crippen LogP contribution in [0.15, 0.2) is 11.6 Å². The van der Waals surface area contributed by atoms with E-state index in [2.05, 4.69) is 0 Å². The number of carbonyl (C=O) groups is 2. The number of hydrogen-bond donors (Lipinski definition) is 0. The lowest BCUT2D eigenvalue weighted by Crippen LogP contribution is -2.27. The molecule has 4 nitrogen and oxygen atoms in total. The summed E-state index contributed by atoms with van der Waals surface area (Å²) >= 11 is 0. The molecule has 2 bridgehead atoms. The third kappa shape index (κ3) is 2.51. The van der Waals surface area contributed by atoms with Crippen LogP contribution in [-0.2, 0) is 19.1 Å². The molecule has 0 aromatic carbocycles. The first-order chi connectivity index (χ1) is 8.11. The fourth-order valence-electron chi connectivity index (χ4n) is 2.61. The van der Waals surface area contributed by atoms with E-state index < -0.39 is 12.1 Å². The molecular formula is C13H18O4. The Balaban J connectivity index is 1.89. The van der Waals surface area contributed by atoms with Gasteiger partial charge in [-0.05, 0) is 44.9 Å². The predicted molar refractivity (Wildman–Crippen MR) is 61.1 cm³/mol. The zero-order valence-corrected chi connectivity index (χ0v) is 10.3. The van der Waals surface area contributed by atoms with E-state index in [1.807, 2.05) is 6.08 Å². The second kappa shape index (κ2) is 4.90. The van der Waals surface area contributed by atoms with Crippen LogP contribution >= 0.6 is 0 Å². The highest BCUT2D eigenvalue weighted by atomic mass is 16.6. The van der Waals surface area contributed by atoms with E-state index >= 15 is 0 Å². The predicted octanol–water partition coefficient (Wildman–Crippen LogP) is 1.84. The van der Waals surface area contributed by atoms with E-state index in [0.29, 0.717) is 18.4 Å². The van der Waals surface area contributed by atoms with Gasteiger partial charge in [-0.1, -0.05) is 6.08 Å². The van der Waals surface area contributed by atoms with Gasteiger partial charge in [0.25, 0.3) is 0 Å². The van der Waals surface area contributed by atoms with Crippen molar-refractivity contribution in [1.29, 1.82) is 0 Å². The third-order valence-corrected chi connectivity index (χ3v) is 3.47. The summed E-state index contributed by atoms with van der Waals surface area (Å²) in [5, 5.41) is 0. The van der Waals surface area contributed by atoms with Crippen molar-refractivity contribution in [2.75, 3.05) is 6.61 Å². The van der Waals surface area contributed by atoms with Crippen molar-refractivity contribution in [3.05, 3.63) is 11.6 Å². The van der Waals surface area contributed by atoms with Crippen molar-refractivity contribution in [1.82, 2.24) is 0 Å². The Bertz CT molecular complexity index is 358. The van der Waals surface area contributed by atoms with Crippen molar-refractivity contribution in [2.24, 2.45) is 11.8 Å². The Morgan fingerprint density at radius 3 is 2.76 bits per heavy atom. The van der Waals surface area contributed by atoms with Gasteiger partial charge >= 0.3 is 11.9 Å². The van der Waals surface area contributed by atoms with Crippen molar-refractivity contribution in [3.63, 3.8) is 0 Å². The lowest BCUT2D eigenvalue weighted by atomic mass is 9.99. The Kier molecular flexibility index (Phi) is 3.50. The van der Waals surface area contributed by atoms with Gasteiger partial charge in [0.15, 0.2) is 6.10 Å². The summed E-state index contributed by atoms with van der Waals surface area (Å²) in [5.41, 5.74) is 0.761.